The van der Waals surface area contributed by atoms with Crippen LogP contribution in [0, 0.1) is 0 Å². The first-order valence-electron chi connectivity index (χ1n) is 9.98. The quantitative estimate of drug-likeness (QED) is 0.492. The molecule has 3 rings (SSSR count). The van der Waals surface area contributed by atoms with Gasteiger partial charge in [-0.05, 0) is 35.2 Å². The number of hydrogen-bond acceptors (Lipinski definition) is 6. The Bertz CT molecular complexity index is 1020. The second-order valence-electron chi connectivity index (χ2n) is 8.19. The fraction of sp³-hybridized carbons (Fsp3) is 0.364. The Morgan fingerprint density at radius 3 is 2.52 bits per heavy atom. The van der Waals surface area contributed by atoms with Crippen LogP contribution in [0.15, 0.2) is 52.2 Å². The van der Waals surface area contributed by atoms with Gasteiger partial charge >= 0.3 is 0 Å². The highest BCUT2D eigenvalue weighted by Gasteiger charge is 2.17. The lowest BCUT2D eigenvalue weighted by molar-refractivity contribution is -0.118. The zero-order chi connectivity index (χ0) is 22.4. The highest BCUT2D eigenvalue weighted by atomic mass is 32.2. The number of amides is 2. The fourth-order valence-electron chi connectivity index (χ4n) is 2.94. The van der Waals surface area contributed by atoms with Crippen LogP contribution in [0.2, 0.25) is 0 Å². The maximum Gasteiger partial charge on any atom is 0.234 e. The van der Waals surface area contributed by atoms with E-state index in [0.29, 0.717) is 23.9 Å². The standard InChI is InChI=1S/C22H27N5O3S/c1-22(2,3)15-6-8-16(9-7-15)24-20(29)14-31-21-26-25-19(11-10-18(23)28)27(21)13-17-5-4-12-30-17/h4-9,12H,10-11,13-14H2,1-3H3,(H2,23,28)(H,24,29). The van der Waals surface area contributed by atoms with Crippen LogP contribution in [-0.2, 0) is 28.0 Å². The molecule has 0 aliphatic carbocycles. The summed E-state index contributed by atoms with van der Waals surface area (Å²) in [6, 6.07) is 11.5. The van der Waals surface area contributed by atoms with Crippen molar-refractivity contribution in [1.82, 2.24) is 14.8 Å². The van der Waals surface area contributed by atoms with Crippen LogP contribution in [-0.4, -0.2) is 32.3 Å². The number of aromatic nitrogens is 3. The van der Waals surface area contributed by atoms with Crippen LogP contribution in [0.4, 0.5) is 5.69 Å². The third kappa shape index (κ3) is 6.45. The third-order valence-electron chi connectivity index (χ3n) is 4.65. The minimum atomic E-state index is -0.404. The van der Waals surface area contributed by atoms with Gasteiger partial charge in [0.2, 0.25) is 11.8 Å². The average Bonchev–Trinajstić information content (AvgIpc) is 3.35. The first-order valence-corrected chi connectivity index (χ1v) is 11.0. The number of thioether (sulfide) groups is 1. The first-order chi connectivity index (χ1) is 14.7. The molecule has 31 heavy (non-hydrogen) atoms. The van der Waals surface area contributed by atoms with Gasteiger partial charge in [-0.3, -0.25) is 14.2 Å². The topological polar surface area (TPSA) is 116 Å². The summed E-state index contributed by atoms with van der Waals surface area (Å²) in [7, 11) is 0. The molecule has 0 saturated carbocycles. The summed E-state index contributed by atoms with van der Waals surface area (Å²) in [6.45, 7) is 6.85. The van der Waals surface area contributed by atoms with Crippen molar-refractivity contribution < 1.29 is 14.0 Å². The van der Waals surface area contributed by atoms with Gasteiger partial charge in [-0.25, -0.2) is 0 Å². The van der Waals surface area contributed by atoms with Crippen molar-refractivity contribution in [3.63, 3.8) is 0 Å². The number of aryl methyl sites for hydroxylation is 1. The van der Waals surface area contributed by atoms with E-state index < -0.39 is 5.91 Å². The highest BCUT2D eigenvalue weighted by Crippen LogP contribution is 2.24. The lowest BCUT2D eigenvalue weighted by Gasteiger charge is -2.19. The van der Waals surface area contributed by atoms with Gasteiger partial charge < -0.3 is 15.5 Å². The number of nitrogens with one attached hydrogen (secondary N) is 1. The number of furan rings is 1. The number of nitrogens with zero attached hydrogens (tertiary/aromatic N) is 3. The molecule has 0 bridgehead atoms. The van der Waals surface area contributed by atoms with E-state index in [1.54, 1.807) is 12.3 Å². The van der Waals surface area contributed by atoms with E-state index in [2.05, 4.69) is 36.3 Å². The second kappa shape index (κ2) is 9.82. The Morgan fingerprint density at radius 1 is 1.16 bits per heavy atom. The van der Waals surface area contributed by atoms with E-state index in [1.165, 1.54) is 17.3 Å². The number of benzene rings is 1. The number of nitrogens with two attached hydrogens (primary N) is 1. The molecular weight excluding hydrogens is 414 g/mol. The Morgan fingerprint density at radius 2 is 1.90 bits per heavy atom. The molecule has 3 N–H and O–H groups in total. The van der Waals surface area contributed by atoms with E-state index in [-0.39, 0.29) is 23.5 Å². The first kappa shape index (κ1) is 22.6. The van der Waals surface area contributed by atoms with Crippen molar-refractivity contribution in [3.8, 4) is 0 Å². The largest absolute Gasteiger partial charge is 0.467 e. The number of carbonyl (C=O) groups is 2. The minimum absolute atomic E-state index is 0.0582. The molecule has 9 heteroatoms. The fourth-order valence-corrected chi connectivity index (χ4v) is 3.70. The number of primary amides is 1. The summed E-state index contributed by atoms with van der Waals surface area (Å²) in [5, 5.41) is 11.9. The van der Waals surface area contributed by atoms with Gasteiger partial charge in [0, 0.05) is 18.5 Å². The predicted molar refractivity (Wildman–Crippen MR) is 120 cm³/mol. The van der Waals surface area contributed by atoms with Gasteiger partial charge in [0.05, 0.1) is 18.6 Å². The van der Waals surface area contributed by atoms with E-state index in [4.69, 9.17) is 10.2 Å². The van der Waals surface area contributed by atoms with Crippen molar-refractivity contribution >= 4 is 29.3 Å². The molecule has 1 aromatic carbocycles. The van der Waals surface area contributed by atoms with Crippen LogP contribution in [0.25, 0.3) is 0 Å². The number of anilines is 1. The van der Waals surface area contributed by atoms with Crippen molar-refractivity contribution in [2.75, 3.05) is 11.1 Å². The van der Waals surface area contributed by atoms with Crippen LogP contribution in [0.3, 0.4) is 0 Å². The van der Waals surface area contributed by atoms with Crippen LogP contribution in [0.1, 0.15) is 44.3 Å². The van der Waals surface area contributed by atoms with E-state index in [1.807, 2.05) is 34.9 Å². The Labute approximate surface area is 185 Å². The monoisotopic (exact) mass is 441 g/mol. The molecule has 2 heterocycles. The molecule has 0 aliphatic heterocycles. The molecule has 8 nitrogen and oxygen atoms in total. The molecule has 2 amide bonds. The summed E-state index contributed by atoms with van der Waals surface area (Å²) in [6.07, 6.45) is 2.13. The highest BCUT2D eigenvalue weighted by molar-refractivity contribution is 7.99. The summed E-state index contributed by atoms with van der Waals surface area (Å²) < 4.78 is 7.27. The van der Waals surface area contributed by atoms with E-state index in [9.17, 15) is 9.59 Å². The van der Waals surface area contributed by atoms with Gasteiger partial charge in [-0.2, -0.15) is 0 Å². The molecule has 0 unspecified atom stereocenters. The van der Waals surface area contributed by atoms with Crippen molar-refractivity contribution in [3.05, 3.63) is 59.8 Å². The Balaban J connectivity index is 1.64. The molecule has 164 valence electrons. The summed E-state index contributed by atoms with van der Waals surface area (Å²) in [5.74, 6) is 0.979. The lowest BCUT2D eigenvalue weighted by atomic mass is 9.87. The van der Waals surface area contributed by atoms with E-state index in [0.717, 1.165) is 11.4 Å². The van der Waals surface area contributed by atoms with Crippen molar-refractivity contribution in [1.29, 1.82) is 0 Å². The lowest BCUT2D eigenvalue weighted by Crippen LogP contribution is -2.16. The smallest absolute Gasteiger partial charge is 0.234 e. The molecule has 0 aliphatic rings. The number of hydrogen-bond donors (Lipinski definition) is 2. The second-order valence-corrected chi connectivity index (χ2v) is 9.14. The number of carbonyl (C=O) groups excluding carboxylic acids is 2. The van der Waals surface area contributed by atoms with Crippen LogP contribution >= 0.6 is 11.8 Å². The van der Waals surface area contributed by atoms with Crippen LogP contribution in [0.5, 0.6) is 0 Å². The van der Waals surface area contributed by atoms with Gasteiger partial charge in [-0.1, -0.05) is 44.7 Å². The van der Waals surface area contributed by atoms with E-state index >= 15 is 0 Å². The van der Waals surface area contributed by atoms with Crippen LogP contribution < -0.4 is 11.1 Å². The predicted octanol–water partition coefficient (Wildman–Crippen LogP) is 3.37. The van der Waals surface area contributed by atoms with Crippen molar-refractivity contribution in [2.24, 2.45) is 5.73 Å². The molecule has 0 spiro atoms. The van der Waals surface area contributed by atoms with Gasteiger partial charge in [0.25, 0.3) is 0 Å². The Hall–Kier alpha value is -3.07. The maximum absolute atomic E-state index is 12.4. The summed E-state index contributed by atoms with van der Waals surface area (Å²) in [4.78, 5) is 23.6. The molecular formula is C22H27N5O3S. The zero-order valence-corrected chi connectivity index (χ0v) is 18.7. The van der Waals surface area contributed by atoms with Gasteiger partial charge in [-0.15, -0.1) is 10.2 Å². The molecule has 2 aromatic heterocycles. The molecule has 0 atom stereocenters. The SMILES string of the molecule is CC(C)(C)c1ccc(NC(=O)CSc2nnc(CCC(N)=O)n2Cc2ccco2)cc1. The number of rotatable bonds is 9. The summed E-state index contributed by atoms with van der Waals surface area (Å²) in [5.41, 5.74) is 7.27. The maximum atomic E-state index is 12.4. The van der Waals surface area contributed by atoms with Crippen molar-refractivity contribution in [2.45, 2.75) is 50.7 Å². The third-order valence-corrected chi connectivity index (χ3v) is 5.62. The Kier molecular flexibility index (Phi) is 7.17. The molecule has 0 fully saturated rings. The summed E-state index contributed by atoms with van der Waals surface area (Å²) >= 11 is 1.28. The minimum Gasteiger partial charge on any atom is -0.467 e. The molecule has 3 aromatic rings. The van der Waals surface area contributed by atoms with Gasteiger partial charge in [0.1, 0.15) is 11.6 Å². The normalized spacial score (nSPS) is 11.5. The molecule has 0 saturated heterocycles. The van der Waals surface area contributed by atoms with Gasteiger partial charge in [0.15, 0.2) is 5.16 Å². The molecule has 0 radical (unpaired) electrons. The average molecular weight is 442 g/mol. The zero-order valence-electron chi connectivity index (χ0n) is 17.9.